The molecule has 0 atom stereocenters. The molecule has 0 radical (unpaired) electrons. The zero-order chi connectivity index (χ0) is 13.2. The van der Waals surface area contributed by atoms with Crippen LogP contribution in [0.2, 0.25) is 0 Å². The van der Waals surface area contributed by atoms with Crippen LogP contribution in [0.1, 0.15) is 6.92 Å². The number of rotatable bonds is 4. The van der Waals surface area contributed by atoms with Crippen molar-refractivity contribution in [1.82, 2.24) is 0 Å². The molecule has 0 heterocycles. The van der Waals surface area contributed by atoms with E-state index in [0.717, 1.165) is 17.0 Å². The Morgan fingerprint density at radius 2 is 1.94 bits per heavy atom. The van der Waals surface area contributed by atoms with Gasteiger partial charge in [0.05, 0.1) is 18.6 Å². The molecule has 0 amide bonds. The molecule has 1 N–H and O–H groups in total. The van der Waals surface area contributed by atoms with Crippen LogP contribution in [0, 0.1) is 0 Å². The summed E-state index contributed by atoms with van der Waals surface area (Å²) in [5.74, 6) is 0.682. The molecule has 0 aliphatic heterocycles. The molecule has 4 nitrogen and oxygen atoms in total. The van der Waals surface area contributed by atoms with Gasteiger partial charge in [-0.15, -0.1) is 0 Å². The summed E-state index contributed by atoms with van der Waals surface area (Å²) in [5, 5.41) is 1.91. The molecule has 5 heteroatoms. The molecule has 0 aliphatic rings. The Labute approximate surface area is 107 Å². The van der Waals surface area contributed by atoms with Crippen LogP contribution in [-0.2, 0) is 10.0 Å². The van der Waals surface area contributed by atoms with E-state index in [1.165, 1.54) is 0 Å². The minimum Gasteiger partial charge on any atom is -0.493 e. The largest absolute Gasteiger partial charge is 0.493 e. The topological polar surface area (TPSA) is 55.4 Å². The second kappa shape index (κ2) is 4.86. The SMILES string of the molecule is CCOc1cc(NS(C)(=O)=O)cc2ccccc12. The molecule has 0 saturated carbocycles. The lowest BCUT2D eigenvalue weighted by atomic mass is 10.1. The van der Waals surface area contributed by atoms with Crippen LogP contribution < -0.4 is 9.46 Å². The van der Waals surface area contributed by atoms with Gasteiger partial charge in [-0.1, -0.05) is 24.3 Å². The molecule has 0 saturated heterocycles. The third-order valence-corrected chi connectivity index (χ3v) is 3.03. The van der Waals surface area contributed by atoms with Crippen molar-refractivity contribution in [2.75, 3.05) is 17.6 Å². The van der Waals surface area contributed by atoms with E-state index < -0.39 is 10.0 Å². The van der Waals surface area contributed by atoms with Gasteiger partial charge in [-0.3, -0.25) is 4.72 Å². The summed E-state index contributed by atoms with van der Waals surface area (Å²) in [6.07, 6.45) is 1.13. The van der Waals surface area contributed by atoms with Crippen molar-refractivity contribution in [1.29, 1.82) is 0 Å². The maximum absolute atomic E-state index is 11.3. The van der Waals surface area contributed by atoms with Crippen LogP contribution >= 0.6 is 0 Å². The Balaban J connectivity index is 2.57. The van der Waals surface area contributed by atoms with E-state index in [9.17, 15) is 8.42 Å². The number of fused-ring (bicyclic) bond motifs is 1. The lowest BCUT2D eigenvalue weighted by Crippen LogP contribution is -2.09. The number of nitrogens with one attached hydrogen (secondary N) is 1. The van der Waals surface area contributed by atoms with E-state index in [2.05, 4.69) is 4.72 Å². The third-order valence-electron chi connectivity index (χ3n) is 2.43. The van der Waals surface area contributed by atoms with Gasteiger partial charge in [-0.2, -0.15) is 0 Å². The maximum Gasteiger partial charge on any atom is 0.229 e. The summed E-state index contributed by atoms with van der Waals surface area (Å²) in [5.41, 5.74) is 0.514. The number of ether oxygens (including phenoxy) is 1. The van der Waals surface area contributed by atoms with Crippen molar-refractivity contribution in [3.05, 3.63) is 36.4 Å². The predicted molar refractivity (Wildman–Crippen MR) is 73.6 cm³/mol. The molecule has 0 unspecified atom stereocenters. The Morgan fingerprint density at radius 3 is 2.61 bits per heavy atom. The van der Waals surface area contributed by atoms with Crippen molar-refractivity contribution in [3.8, 4) is 5.75 Å². The van der Waals surface area contributed by atoms with Gasteiger partial charge in [0.15, 0.2) is 0 Å². The van der Waals surface area contributed by atoms with Crippen LogP contribution in [0.25, 0.3) is 10.8 Å². The first-order valence-corrected chi connectivity index (χ1v) is 7.52. The summed E-state index contributed by atoms with van der Waals surface area (Å²) < 4.78 is 30.5. The molecule has 2 rings (SSSR count). The molecule has 0 aromatic heterocycles. The van der Waals surface area contributed by atoms with Gasteiger partial charge in [0.25, 0.3) is 0 Å². The van der Waals surface area contributed by atoms with E-state index in [-0.39, 0.29) is 0 Å². The van der Waals surface area contributed by atoms with Crippen LogP contribution in [0.15, 0.2) is 36.4 Å². The van der Waals surface area contributed by atoms with Gasteiger partial charge in [-0.25, -0.2) is 8.42 Å². The minimum absolute atomic E-state index is 0.514. The van der Waals surface area contributed by atoms with Crippen molar-refractivity contribution in [2.24, 2.45) is 0 Å². The quantitative estimate of drug-likeness (QED) is 0.924. The number of hydrogen-bond donors (Lipinski definition) is 1. The monoisotopic (exact) mass is 265 g/mol. The molecule has 0 spiro atoms. The molecule has 0 bridgehead atoms. The Morgan fingerprint density at radius 1 is 1.22 bits per heavy atom. The second-order valence-electron chi connectivity index (χ2n) is 4.00. The predicted octanol–water partition coefficient (Wildman–Crippen LogP) is 2.61. The average Bonchev–Trinajstić information content (AvgIpc) is 2.27. The first-order valence-electron chi connectivity index (χ1n) is 5.63. The lowest BCUT2D eigenvalue weighted by Gasteiger charge is -2.11. The van der Waals surface area contributed by atoms with E-state index in [1.807, 2.05) is 31.2 Å². The summed E-state index contributed by atoms with van der Waals surface area (Å²) in [6, 6.07) is 11.2. The molecule has 18 heavy (non-hydrogen) atoms. The van der Waals surface area contributed by atoms with Gasteiger partial charge in [0, 0.05) is 11.5 Å². The highest BCUT2D eigenvalue weighted by Gasteiger charge is 2.07. The average molecular weight is 265 g/mol. The normalized spacial score (nSPS) is 11.4. The summed E-state index contributed by atoms with van der Waals surface area (Å²) >= 11 is 0. The zero-order valence-electron chi connectivity index (χ0n) is 10.3. The van der Waals surface area contributed by atoms with Crippen LogP contribution in [0.5, 0.6) is 5.75 Å². The molecular weight excluding hydrogens is 250 g/mol. The Hall–Kier alpha value is -1.75. The molecular formula is C13H15NO3S. The standard InChI is InChI=1S/C13H15NO3S/c1-3-17-13-9-11(14-18(2,15)16)8-10-6-4-5-7-12(10)13/h4-9,14H,3H2,1-2H3. The maximum atomic E-state index is 11.3. The first-order chi connectivity index (χ1) is 8.49. The highest BCUT2D eigenvalue weighted by Crippen LogP contribution is 2.30. The van der Waals surface area contributed by atoms with E-state index in [0.29, 0.717) is 18.0 Å². The van der Waals surface area contributed by atoms with E-state index >= 15 is 0 Å². The van der Waals surface area contributed by atoms with Gasteiger partial charge < -0.3 is 4.74 Å². The summed E-state index contributed by atoms with van der Waals surface area (Å²) in [6.45, 7) is 2.43. The van der Waals surface area contributed by atoms with Gasteiger partial charge in [0.2, 0.25) is 10.0 Å². The fourth-order valence-electron chi connectivity index (χ4n) is 1.82. The Bertz CT molecular complexity index is 665. The van der Waals surface area contributed by atoms with Gasteiger partial charge in [0.1, 0.15) is 5.75 Å². The minimum atomic E-state index is -3.28. The summed E-state index contributed by atoms with van der Waals surface area (Å²) in [7, 11) is -3.28. The smallest absolute Gasteiger partial charge is 0.229 e. The fourth-order valence-corrected chi connectivity index (χ4v) is 2.37. The number of sulfonamides is 1. The molecule has 96 valence electrons. The lowest BCUT2D eigenvalue weighted by molar-refractivity contribution is 0.344. The summed E-state index contributed by atoms with van der Waals surface area (Å²) in [4.78, 5) is 0. The zero-order valence-corrected chi connectivity index (χ0v) is 11.1. The molecule has 2 aromatic rings. The second-order valence-corrected chi connectivity index (χ2v) is 5.75. The molecule has 0 aliphatic carbocycles. The van der Waals surface area contributed by atoms with E-state index in [1.54, 1.807) is 12.1 Å². The highest BCUT2D eigenvalue weighted by molar-refractivity contribution is 7.92. The number of benzene rings is 2. The van der Waals surface area contributed by atoms with Crippen molar-refractivity contribution < 1.29 is 13.2 Å². The molecule has 2 aromatic carbocycles. The highest BCUT2D eigenvalue weighted by atomic mass is 32.2. The first kappa shape index (κ1) is 12.7. The van der Waals surface area contributed by atoms with E-state index in [4.69, 9.17) is 4.74 Å². The van der Waals surface area contributed by atoms with Crippen molar-refractivity contribution in [3.63, 3.8) is 0 Å². The van der Waals surface area contributed by atoms with Gasteiger partial charge >= 0.3 is 0 Å². The Kier molecular flexibility index (Phi) is 3.43. The van der Waals surface area contributed by atoms with Crippen LogP contribution in [0.3, 0.4) is 0 Å². The van der Waals surface area contributed by atoms with Crippen molar-refractivity contribution in [2.45, 2.75) is 6.92 Å². The molecule has 0 fully saturated rings. The van der Waals surface area contributed by atoms with Crippen LogP contribution in [0.4, 0.5) is 5.69 Å². The third kappa shape index (κ3) is 2.92. The van der Waals surface area contributed by atoms with Gasteiger partial charge in [-0.05, 0) is 18.4 Å². The van der Waals surface area contributed by atoms with Crippen molar-refractivity contribution >= 4 is 26.5 Å². The number of anilines is 1. The number of hydrogen-bond acceptors (Lipinski definition) is 3. The fraction of sp³-hybridized carbons (Fsp3) is 0.231. The van der Waals surface area contributed by atoms with Crippen LogP contribution in [-0.4, -0.2) is 21.3 Å².